The van der Waals surface area contributed by atoms with Crippen molar-refractivity contribution in [3.63, 3.8) is 0 Å². The molecular formula is C23H26N2O2. The number of anilines is 1. The first-order valence-corrected chi connectivity index (χ1v) is 10.1. The molecule has 27 heavy (non-hydrogen) atoms. The van der Waals surface area contributed by atoms with Gasteiger partial charge in [0.05, 0.1) is 17.5 Å². The summed E-state index contributed by atoms with van der Waals surface area (Å²) in [7, 11) is 0. The van der Waals surface area contributed by atoms with Crippen LogP contribution < -0.4 is 4.90 Å². The molecule has 140 valence electrons. The van der Waals surface area contributed by atoms with E-state index >= 15 is 0 Å². The van der Waals surface area contributed by atoms with Crippen LogP contribution in [-0.4, -0.2) is 16.8 Å². The number of rotatable bonds is 2. The number of aromatic amines is 1. The highest BCUT2D eigenvalue weighted by Crippen LogP contribution is 2.57. The number of H-pyrrole nitrogens is 1. The Kier molecular flexibility index (Phi) is 3.62. The summed E-state index contributed by atoms with van der Waals surface area (Å²) in [4.78, 5) is 31.8. The number of benzene rings is 1. The summed E-state index contributed by atoms with van der Waals surface area (Å²) in [5, 5.41) is 0. The van der Waals surface area contributed by atoms with Crippen LogP contribution in [0.5, 0.6) is 0 Å². The van der Waals surface area contributed by atoms with Gasteiger partial charge in [-0.05, 0) is 60.9 Å². The number of imide groups is 1. The molecule has 1 N–H and O–H groups in total. The summed E-state index contributed by atoms with van der Waals surface area (Å²) in [5.41, 5.74) is 5.31. The number of nitrogens with one attached hydrogen (secondary N) is 1. The van der Waals surface area contributed by atoms with Crippen LogP contribution in [0.25, 0.3) is 0 Å². The third kappa shape index (κ3) is 2.28. The zero-order valence-corrected chi connectivity index (χ0v) is 16.2. The minimum absolute atomic E-state index is 0.00343. The summed E-state index contributed by atoms with van der Waals surface area (Å²) in [6.45, 7) is 6.33. The maximum absolute atomic E-state index is 13.4. The highest BCUT2D eigenvalue weighted by Gasteiger charge is 2.58. The highest BCUT2D eigenvalue weighted by molar-refractivity contribution is 6.24. The zero-order chi connectivity index (χ0) is 18.9. The van der Waals surface area contributed by atoms with Crippen molar-refractivity contribution in [1.29, 1.82) is 0 Å². The van der Waals surface area contributed by atoms with Gasteiger partial charge < -0.3 is 4.98 Å². The summed E-state index contributed by atoms with van der Waals surface area (Å²) in [5.74, 6) is 0.554. The van der Waals surface area contributed by atoms with Gasteiger partial charge in [0.2, 0.25) is 11.8 Å². The van der Waals surface area contributed by atoms with Crippen molar-refractivity contribution >= 4 is 17.5 Å². The molecular weight excluding hydrogens is 336 g/mol. The summed E-state index contributed by atoms with van der Waals surface area (Å²) >= 11 is 0. The van der Waals surface area contributed by atoms with Crippen LogP contribution >= 0.6 is 0 Å². The van der Waals surface area contributed by atoms with Gasteiger partial charge in [0.1, 0.15) is 0 Å². The number of fused-ring (bicyclic) bond motifs is 6. The first-order chi connectivity index (χ1) is 13.0. The minimum Gasteiger partial charge on any atom is -0.362 e. The van der Waals surface area contributed by atoms with Crippen molar-refractivity contribution in [3.05, 3.63) is 52.8 Å². The third-order valence-electron chi connectivity index (χ3n) is 6.92. The third-order valence-corrected chi connectivity index (χ3v) is 6.92. The molecule has 2 heterocycles. The number of aromatic nitrogens is 1. The number of amides is 2. The molecule has 0 bridgehead atoms. The molecule has 1 aromatic heterocycles. The minimum atomic E-state index is -0.318. The molecule has 0 radical (unpaired) electrons. The van der Waals surface area contributed by atoms with E-state index in [0.717, 1.165) is 30.5 Å². The smallest absolute Gasteiger partial charge is 0.242 e. The lowest BCUT2D eigenvalue weighted by atomic mass is 9.68. The van der Waals surface area contributed by atoms with Gasteiger partial charge in [-0.3, -0.25) is 9.59 Å². The molecule has 2 aliphatic carbocycles. The van der Waals surface area contributed by atoms with E-state index in [0.29, 0.717) is 17.5 Å². The van der Waals surface area contributed by atoms with Gasteiger partial charge in [-0.25, -0.2) is 4.90 Å². The zero-order valence-electron chi connectivity index (χ0n) is 16.2. The van der Waals surface area contributed by atoms with E-state index in [1.165, 1.54) is 16.2 Å². The number of carbonyl (C=O) groups excluding carboxylic acids is 2. The highest BCUT2D eigenvalue weighted by atomic mass is 16.2. The monoisotopic (exact) mass is 362 g/mol. The van der Waals surface area contributed by atoms with Crippen LogP contribution in [0.4, 0.5) is 5.69 Å². The van der Waals surface area contributed by atoms with E-state index in [-0.39, 0.29) is 29.6 Å². The number of hydrogen-bond donors (Lipinski definition) is 1. The summed E-state index contributed by atoms with van der Waals surface area (Å²) in [6, 6.07) is 10.0. The number of aryl methyl sites for hydroxylation is 1. The van der Waals surface area contributed by atoms with E-state index in [4.69, 9.17) is 0 Å². The van der Waals surface area contributed by atoms with E-state index in [1.807, 2.05) is 31.2 Å². The molecule has 2 fully saturated rings. The largest absolute Gasteiger partial charge is 0.362 e. The van der Waals surface area contributed by atoms with Gasteiger partial charge in [-0.1, -0.05) is 32.4 Å². The van der Waals surface area contributed by atoms with Crippen molar-refractivity contribution < 1.29 is 9.59 Å². The van der Waals surface area contributed by atoms with Crippen molar-refractivity contribution in [2.45, 2.75) is 57.8 Å². The Morgan fingerprint density at radius 3 is 2.52 bits per heavy atom. The Bertz CT molecular complexity index is 924. The van der Waals surface area contributed by atoms with E-state index in [9.17, 15) is 9.59 Å². The topological polar surface area (TPSA) is 53.2 Å². The van der Waals surface area contributed by atoms with Crippen LogP contribution in [-0.2, 0) is 9.59 Å². The van der Waals surface area contributed by atoms with Crippen LogP contribution in [0, 0.1) is 18.8 Å². The predicted octanol–water partition coefficient (Wildman–Crippen LogP) is 4.62. The Labute approximate surface area is 160 Å². The fourth-order valence-electron chi connectivity index (χ4n) is 5.69. The Balaban J connectivity index is 1.59. The molecule has 4 atom stereocenters. The molecule has 3 aliphatic rings. The first-order valence-electron chi connectivity index (χ1n) is 10.1. The lowest BCUT2D eigenvalue weighted by molar-refractivity contribution is -0.123. The molecule has 0 spiro atoms. The van der Waals surface area contributed by atoms with Crippen LogP contribution in [0.3, 0.4) is 0 Å². The summed E-state index contributed by atoms with van der Waals surface area (Å²) in [6.07, 6.45) is 3.30. The van der Waals surface area contributed by atoms with Crippen molar-refractivity contribution in [3.8, 4) is 0 Å². The lowest BCUT2D eigenvalue weighted by Crippen LogP contribution is -2.33. The van der Waals surface area contributed by atoms with Gasteiger partial charge in [-0.15, -0.1) is 0 Å². The second kappa shape index (κ2) is 5.82. The average molecular weight is 362 g/mol. The molecule has 1 aliphatic heterocycles. The molecule has 1 aromatic carbocycles. The molecule has 4 nitrogen and oxygen atoms in total. The molecule has 2 amide bonds. The van der Waals surface area contributed by atoms with Crippen molar-refractivity contribution in [2.75, 3.05) is 4.90 Å². The van der Waals surface area contributed by atoms with Crippen molar-refractivity contribution in [2.24, 2.45) is 11.8 Å². The van der Waals surface area contributed by atoms with E-state index in [2.05, 4.69) is 24.9 Å². The number of nitrogens with zero attached hydrogens (tertiary/aromatic N) is 1. The van der Waals surface area contributed by atoms with Gasteiger partial charge in [0, 0.05) is 17.3 Å². The van der Waals surface area contributed by atoms with E-state index in [1.54, 1.807) is 0 Å². The van der Waals surface area contributed by atoms with Crippen molar-refractivity contribution in [1.82, 2.24) is 4.98 Å². The van der Waals surface area contributed by atoms with Crippen LogP contribution in [0.15, 0.2) is 30.3 Å². The number of carbonyl (C=O) groups is 2. The molecule has 1 saturated heterocycles. The molecule has 2 aromatic rings. The fraction of sp³-hybridized carbons (Fsp3) is 0.478. The normalized spacial score (nSPS) is 29.3. The molecule has 2 unspecified atom stereocenters. The standard InChI is InChI=1S/C23H26N2O2/c1-12(2)14-7-9-15(10-8-14)25-22(26)19-16-5-4-6-17(16)21-18(11-13(3)24-21)20(19)23(25)27/h7-12,16-17,19-20,24H,4-6H2,1-3H3/t16?,17?,19-,20+/m0/s1. The quantitative estimate of drug-likeness (QED) is 0.793. The van der Waals surface area contributed by atoms with Gasteiger partial charge in [0.25, 0.3) is 0 Å². The second-order valence-corrected chi connectivity index (χ2v) is 8.78. The average Bonchev–Trinajstić information content (AvgIpc) is 3.31. The Morgan fingerprint density at radius 1 is 1.07 bits per heavy atom. The van der Waals surface area contributed by atoms with E-state index < -0.39 is 0 Å². The lowest BCUT2D eigenvalue weighted by Gasteiger charge is -2.33. The predicted molar refractivity (Wildman–Crippen MR) is 105 cm³/mol. The SMILES string of the molecule is Cc1cc2c([nH]1)C1CCCC1[C@@H]1C(=O)N(c3ccc(C(C)C)cc3)C(=O)[C@H]21. The van der Waals surface area contributed by atoms with Gasteiger partial charge in [-0.2, -0.15) is 0 Å². The van der Waals surface area contributed by atoms with Gasteiger partial charge in [0.15, 0.2) is 0 Å². The van der Waals surface area contributed by atoms with Gasteiger partial charge >= 0.3 is 0 Å². The Hall–Kier alpha value is -2.36. The Morgan fingerprint density at radius 2 is 1.81 bits per heavy atom. The molecule has 5 rings (SSSR count). The molecule has 1 saturated carbocycles. The number of hydrogen-bond acceptors (Lipinski definition) is 2. The second-order valence-electron chi connectivity index (χ2n) is 8.78. The maximum Gasteiger partial charge on any atom is 0.242 e. The fourth-order valence-corrected chi connectivity index (χ4v) is 5.69. The summed E-state index contributed by atoms with van der Waals surface area (Å²) < 4.78 is 0. The first kappa shape index (κ1) is 16.8. The maximum atomic E-state index is 13.4. The van der Waals surface area contributed by atoms with Crippen LogP contribution in [0.2, 0.25) is 0 Å². The van der Waals surface area contributed by atoms with Crippen LogP contribution in [0.1, 0.15) is 73.4 Å². The molecule has 4 heteroatoms.